The zero-order valence-electron chi connectivity index (χ0n) is 6.50. The van der Waals surface area contributed by atoms with Crippen LogP contribution < -0.4 is 5.32 Å². The average molecular weight is 159 g/mol. The van der Waals surface area contributed by atoms with Crippen molar-refractivity contribution in [3.8, 4) is 0 Å². The first-order chi connectivity index (χ1) is 5.07. The molecule has 0 aromatic heterocycles. The molecule has 1 unspecified atom stereocenters. The first-order valence-electron chi connectivity index (χ1n) is 3.31. The second kappa shape index (κ2) is 4.87. The van der Waals surface area contributed by atoms with Gasteiger partial charge in [0.2, 0.25) is 0 Å². The van der Waals surface area contributed by atoms with Gasteiger partial charge in [0.15, 0.2) is 0 Å². The molecule has 0 aromatic rings. The Labute approximate surface area is 65.5 Å². The third-order valence-electron chi connectivity index (χ3n) is 1.08. The molecule has 3 N–H and O–H groups in total. The Morgan fingerprint density at radius 3 is 2.18 bits per heavy atom. The maximum absolute atomic E-state index is 9.60. The van der Waals surface area contributed by atoms with Crippen molar-refractivity contribution in [2.45, 2.75) is 13.0 Å². The molecule has 4 heteroatoms. The minimum absolute atomic E-state index is 0.176. The smallest absolute Gasteiger partial charge is 0.330 e. The van der Waals surface area contributed by atoms with Crippen LogP contribution in [0.2, 0.25) is 0 Å². The van der Waals surface area contributed by atoms with Gasteiger partial charge in [0.1, 0.15) is 0 Å². The molecule has 0 amide bonds. The highest BCUT2D eigenvalue weighted by Gasteiger charge is 2.16. The maximum atomic E-state index is 9.60. The van der Waals surface area contributed by atoms with E-state index in [4.69, 9.17) is 10.2 Å². The summed E-state index contributed by atoms with van der Waals surface area (Å²) in [5.74, 6) is -0.935. The highest BCUT2D eigenvalue weighted by Crippen LogP contribution is 1.90. The first kappa shape index (κ1) is 10.1. The molecule has 1 saturated heterocycles. The average Bonchev–Trinajstić information content (AvgIpc) is 2.70. The number of hydrogen-bond donors (Lipinski definition) is 3. The number of aliphatic carboxylic acids is 1. The number of carboxylic acids is 1. The molecule has 11 heavy (non-hydrogen) atoms. The Kier molecular flexibility index (Phi) is 4.49. The molecule has 1 aliphatic heterocycles. The van der Waals surface area contributed by atoms with Gasteiger partial charge in [-0.1, -0.05) is 6.58 Å². The third-order valence-corrected chi connectivity index (χ3v) is 1.08. The summed E-state index contributed by atoms with van der Waals surface area (Å²) >= 11 is 0. The van der Waals surface area contributed by atoms with E-state index in [1.54, 1.807) is 0 Å². The molecule has 1 heterocycles. The molecular weight excluding hydrogens is 146 g/mol. The van der Waals surface area contributed by atoms with Crippen molar-refractivity contribution < 1.29 is 15.0 Å². The van der Waals surface area contributed by atoms with E-state index in [1.807, 2.05) is 0 Å². The predicted molar refractivity (Wildman–Crippen MR) is 41.3 cm³/mol. The molecule has 4 nitrogen and oxygen atoms in total. The number of rotatable bonds is 2. The summed E-state index contributed by atoms with van der Waals surface area (Å²) in [6, 6.07) is 0.440. The highest BCUT2D eigenvalue weighted by molar-refractivity contribution is 5.84. The van der Waals surface area contributed by atoms with E-state index in [9.17, 15) is 4.79 Å². The lowest BCUT2D eigenvalue weighted by atomic mass is 10.4. The van der Waals surface area contributed by atoms with Crippen molar-refractivity contribution in [2.75, 3.05) is 13.2 Å². The molecule has 0 aromatic carbocycles. The molecule has 0 radical (unpaired) electrons. The Balaban J connectivity index is 0.000000183. The molecule has 1 aliphatic rings. The Morgan fingerprint density at radius 1 is 1.82 bits per heavy atom. The quantitative estimate of drug-likeness (QED) is 0.378. The zero-order chi connectivity index (χ0) is 8.85. The molecule has 0 bridgehead atoms. The van der Waals surface area contributed by atoms with Crippen LogP contribution in [0.3, 0.4) is 0 Å². The number of carbonyl (C=O) groups is 1. The molecule has 0 aliphatic carbocycles. The third kappa shape index (κ3) is 7.02. The molecule has 0 spiro atoms. The fourth-order valence-electron chi connectivity index (χ4n) is 0.212. The van der Waals surface area contributed by atoms with Crippen molar-refractivity contribution >= 4 is 5.97 Å². The number of nitrogens with one attached hydrogen (secondary N) is 1. The maximum Gasteiger partial charge on any atom is 0.330 e. The fourth-order valence-corrected chi connectivity index (χ4v) is 0.212. The van der Waals surface area contributed by atoms with Crippen LogP contribution in [0.5, 0.6) is 0 Å². The van der Waals surface area contributed by atoms with Crippen molar-refractivity contribution in [1.82, 2.24) is 5.32 Å². The summed E-state index contributed by atoms with van der Waals surface area (Å²) in [6.45, 7) is 5.92. The lowest BCUT2D eigenvalue weighted by molar-refractivity contribution is -0.132. The van der Waals surface area contributed by atoms with Gasteiger partial charge in [0.05, 0.1) is 6.61 Å². The molecule has 64 valence electrons. The van der Waals surface area contributed by atoms with E-state index >= 15 is 0 Å². The Bertz CT molecular complexity index is 140. The molecule has 1 fully saturated rings. The molecule has 1 atom stereocenters. The van der Waals surface area contributed by atoms with Gasteiger partial charge in [0.25, 0.3) is 0 Å². The van der Waals surface area contributed by atoms with Gasteiger partial charge >= 0.3 is 5.97 Å². The van der Waals surface area contributed by atoms with Gasteiger partial charge in [-0.25, -0.2) is 4.79 Å². The molecular formula is C7H13NO3. The largest absolute Gasteiger partial charge is 0.478 e. The van der Waals surface area contributed by atoms with Crippen LogP contribution in [0.1, 0.15) is 6.92 Å². The van der Waals surface area contributed by atoms with E-state index in [2.05, 4.69) is 11.9 Å². The van der Waals surface area contributed by atoms with Crippen LogP contribution in [0.25, 0.3) is 0 Å². The van der Waals surface area contributed by atoms with E-state index < -0.39 is 5.97 Å². The number of aliphatic hydroxyl groups excluding tert-OH is 1. The van der Waals surface area contributed by atoms with E-state index in [0.717, 1.165) is 6.54 Å². The van der Waals surface area contributed by atoms with Gasteiger partial charge in [-0.2, -0.15) is 0 Å². The van der Waals surface area contributed by atoms with Crippen LogP contribution in [0.4, 0.5) is 0 Å². The normalized spacial score (nSPS) is 19.6. The lowest BCUT2D eigenvalue weighted by Crippen LogP contribution is -1.94. The fraction of sp³-hybridized carbons (Fsp3) is 0.571. The van der Waals surface area contributed by atoms with Crippen molar-refractivity contribution in [2.24, 2.45) is 0 Å². The minimum atomic E-state index is -0.935. The monoisotopic (exact) mass is 159 g/mol. The van der Waals surface area contributed by atoms with Gasteiger partial charge < -0.3 is 15.5 Å². The Morgan fingerprint density at radius 2 is 2.18 bits per heavy atom. The summed E-state index contributed by atoms with van der Waals surface area (Å²) in [5, 5.41) is 19.0. The van der Waals surface area contributed by atoms with Crippen LogP contribution in [0, 0.1) is 0 Å². The molecule has 1 rings (SSSR count). The lowest BCUT2D eigenvalue weighted by Gasteiger charge is -1.79. The number of aliphatic hydroxyl groups is 1. The van der Waals surface area contributed by atoms with E-state index in [1.165, 1.54) is 6.92 Å². The number of hydrogen-bond acceptors (Lipinski definition) is 3. The van der Waals surface area contributed by atoms with E-state index in [-0.39, 0.29) is 5.57 Å². The van der Waals surface area contributed by atoms with Crippen LogP contribution in [0.15, 0.2) is 12.2 Å². The summed E-state index contributed by atoms with van der Waals surface area (Å²) in [7, 11) is 0. The van der Waals surface area contributed by atoms with Gasteiger partial charge in [0, 0.05) is 18.2 Å². The minimum Gasteiger partial charge on any atom is -0.478 e. The zero-order valence-corrected chi connectivity index (χ0v) is 6.50. The SMILES string of the molecule is C=C(C)C(=O)O.OCC1CN1. The summed E-state index contributed by atoms with van der Waals surface area (Å²) in [6.07, 6.45) is 0. The summed E-state index contributed by atoms with van der Waals surface area (Å²) < 4.78 is 0. The molecule has 0 saturated carbocycles. The van der Waals surface area contributed by atoms with Gasteiger partial charge in [-0.05, 0) is 6.92 Å². The standard InChI is InChI=1S/C4H6O2.C3H7NO/c1-3(2)4(5)6;5-2-3-1-4-3/h1H2,2H3,(H,5,6);3-5H,1-2H2. The van der Waals surface area contributed by atoms with Crippen molar-refractivity contribution in [3.05, 3.63) is 12.2 Å². The van der Waals surface area contributed by atoms with Crippen LogP contribution in [-0.4, -0.2) is 35.4 Å². The van der Waals surface area contributed by atoms with Crippen LogP contribution >= 0.6 is 0 Å². The topological polar surface area (TPSA) is 79.5 Å². The Hall–Kier alpha value is -0.870. The first-order valence-corrected chi connectivity index (χ1v) is 3.31. The van der Waals surface area contributed by atoms with Crippen molar-refractivity contribution in [1.29, 1.82) is 0 Å². The highest BCUT2D eigenvalue weighted by atomic mass is 16.4. The summed E-state index contributed by atoms with van der Waals surface area (Å²) in [5.41, 5.74) is 0.176. The van der Waals surface area contributed by atoms with Crippen LogP contribution in [-0.2, 0) is 4.79 Å². The second-order valence-electron chi connectivity index (χ2n) is 2.37. The summed E-state index contributed by atoms with van der Waals surface area (Å²) in [4.78, 5) is 9.60. The predicted octanol–water partition coefficient (Wildman–Crippen LogP) is -0.402. The van der Waals surface area contributed by atoms with E-state index in [0.29, 0.717) is 12.6 Å². The second-order valence-corrected chi connectivity index (χ2v) is 2.37. The van der Waals surface area contributed by atoms with Gasteiger partial charge in [-0.15, -0.1) is 0 Å². The van der Waals surface area contributed by atoms with Gasteiger partial charge in [-0.3, -0.25) is 0 Å². The number of carboxylic acid groups (broad SMARTS) is 1. The van der Waals surface area contributed by atoms with Crippen molar-refractivity contribution in [3.63, 3.8) is 0 Å².